The van der Waals surface area contributed by atoms with Crippen LogP contribution in [0.4, 0.5) is 0 Å². The first-order chi connectivity index (χ1) is 14.5. The van der Waals surface area contributed by atoms with Crippen LogP contribution in [-0.2, 0) is 16.6 Å². The number of methoxy groups -OCH3 is 1. The van der Waals surface area contributed by atoms with Gasteiger partial charge in [-0.05, 0) is 30.3 Å². The van der Waals surface area contributed by atoms with Gasteiger partial charge in [0.2, 0.25) is 10.0 Å². The Hall–Kier alpha value is -2.94. The van der Waals surface area contributed by atoms with E-state index in [2.05, 4.69) is 14.7 Å². The van der Waals surface area contributed by atoms with Crippen LogP contribution in [0.5, 0.6) is 5.75 Å². The first-order valence-electron chi connectivity index (χ1n) is 9.19. The van der Waals surface area contributed by atoms with E-state index in [1.54, 1.807) is 6.20 Å². The Kier molecular flexibility index (Phi) is 5.72. The first kappa shape index (κ1) is 20.3. The lowest BCUT2D eigenvalue weighted by atomic mass is 10.2. The Labute approximate surface area is 179 Å². The van der Waals surface area contributed by atoms with Crippen molar-refractivity contribution in [2.24, 2.45) is 0 Å². The van der Waals surface area contributed by atoms with Crippen LogP contribution in [0.2, 0.25) is 5.02 Å². The molecular formula is C21H19ClN4O3S. The summed E-state index contributed by atoms with van der Waals surface area (Å²) < 4.78 is 35.0. The number of hydrogen-bond donors (Lipinski definition) is 1. The van der Waals surface area contributed by atoms with Gasteiger partial charge < -0.3 is 9.30 Å². The van der Waals surface area contributed by atoms with E-state index in [1.165, 1.54) is 25.3 Å². The maximum Gasteiger partial charge on any atom is 0.240 e. The third-order valence-corrected chi connectivity index (χ3v) is 6.35. The number of fused-ring (bicyclic) bond motifs is 1. The third-order valence-electron chi connectivity index (χ3n) is 4.60. The molecule has 2 aromatic carbocycles. The molecule has 0 aliphatic rings. The monoisotopic (exact) mass is 442 g/mol. The molecule has 0 bridgehead atoms. The molecular weight excluding hydrogens is 424 g/mol. The van der Waals surface area contributed by atoms with Gasteiger partial charge in [0.15, 0.2) is 5.65 Å². The van der Waals surface area contributed by atoms with Crippen LogP contribution in [0.3, 0.4) is 0 Å². The number of imidazole rings is 1. The molecule has 0 unspecified atom stereocenters. The Balaban J connectivity index is 1.59. The van der Waals surface area contributed by atoms with Crippen molar-refractivity contribution in [3.8, 4) is 17.1 Å². The fourth-order valence-electron chi connectivity index (χ4n) is 3.17. The van der Waals surface area contributed by atoms with E-state index >= 15 is 0 Å². The summed E-state index contributed by atoms with van der Waals surface area (Å²) in [4.78, 5) is 9.18. The van der Waals surface area contributed by atoms with Gasteiger partial charge in [0.25, 0.3) is 0 Å². The zero-order valence-electron chi connectivity index (χ0n) is 16.1. The van der Waals surface area contributed by atoms with Crippen molar-refractivity contribution in [3.05, 3.63) is 71.9 Å². The fraction of sp³-hybridized carbons (Fsp3) is 0.143. The molecule has 4 aromatic rings. The summed E-state index contributed by atoms with van der Waals surface area (Å²) >= 11 is 6.07. The number of pyridine rings is 1. The minimum Gasteiger partial charge on any atom is -0.495 e. The summed E-state index contributed by atoms with van der Waals surface area (Å²) in [6, 6.07) is 17.8. The number of rotatable bonds is 7. The molecule has 2 aromatic heterocycles. The van der Waals surface area contributed by atoms with Gasteiger partial charge in [-0.2, -0.15) is 0 Å². The summed E-state index contributed by atoms with van der Waals surface area (Å²) in [5, 5.41) is 0.233. The summed E-state index contributed by atoms with van der Waals surface area (Å²) in [6.07, 6.45) is 1.69. The van der Waals surface area contributed by atoms with Crippen LogP contribution in [0.1, 0.15) is 0 Å². The van der Waals surface area contributed by atoms with Gasteiger partial charge >= 0.3 is 0 Å². The summed E-state index contributed by atoms with van der Waals surface area (Å²) in [5.41, 5.74) is 2.38. The zero-order valence-corrected chi connectivity index (χ0v) is 17.7. The Morgan fingerprint density at radius 1 is 1.10 bits per heavy atom. The average molecular weight is 443 g/mol. The van der Waals surface area contributed by atoms with Gasteiger partial charge in [0.05, 0.1) is 17.0 Å². The molecule has 0 spiro atoms. The van der Waals surface area contributed by atoms with Crippen molar-refractivity contribution in [2.45, 2.75) is 11.4 Å². The highest BCUT2D eigenvalue weighted by Gasteiger charge is 2.17. The lowest BCUT2D eigenvalue weighted by Crippen LogP contribution is -2.27. The molecule has 0 radical (unpaired) electrons. The van der Waals surface area contributed by atoms with Crippen molar-refractivity contribution in [2.75, 3.05) is 13.7 Å². The van der Waals surface area contributed by atoms with E-state index in [9.17, 15) is 8.42 Å². The molecule has 2 heterocycles. The third kappa shape index (κ3) is 4.02. The molecule has 0 atom stereocenters. The molecule has 0 saturated heterocycles. The summed E-state index contributed by atoms with van der Waals surface area (Å²) in [7, 11) is -2.26. The van der Waals surface area contributed by atoms with Crippen LogP contribution >= 0.6 is 11.6 Å². The molecule has 4 rings (SSSR count). The number of benzene rings is 2. The number of halogens is 1. The van der Waals surface area contributed by atoms with Gasteiger partial charge in [-0.3, -0.25) is 0 Å². The van der Waals surface area contributed by atoms with Gasteiger partial charge in [-0.1, -0.05) is 41.9 Å². The van der Waals surface area contributed by atoms with Crippen LogP contribution in [0, 0.1) is 0 Å². The molecule has 9 heteroatoms. The highest BCUT2D eigenvalue weighted by molar-refractivity contribution is 7.89. The van der Waals surface area contributed by atoms with Crippen LogP contribution in [-0.4, -0.2) is 36.6 Å². The van der Waals surface area contributed by atoms with Crippen molar-refractivity contribution >= 4 is 32.8 Å². The Morgan fingerprint density at radius 3 is 2.63 bits per heavy atom. The molecule has 30 heavy (non-hydrogen) atoms. The molecule has 0 fully saturated rings. The van der Waals surface area contributed by atoms with Crippen molar-refractivity contribution < 1.29 is 13.2 Å². The normalized spacial score (nSPS) is 11.7. The molecule has 7 nitrogen and oxygen atoms in total. The van der Waals surface area contributed by atoms with Gasteiger partial charge in [0.1, 0.15) is 17.1 Å². The van der Waals surface area contributed by atoms with Gasteiger partial charge in [-0.25, -0.2) is 23.1 Å². The van der Waals surface area contributed by atoms with Crippen molar-refractivity contribution in [3.63, 3.8) is 0 Å². The average Bonchev–Trinajstić information content (AvgIpc) is 3.13. The Morgan fingerprint density at radius 2 is 1.90 bits per heavy atom. The maximum absolute atomic E-state index is 12.7. The van der Waals surface area contributed by atoms with Gasteiger partial charge in [0, 0.05) is 24.8 Å². The number of sulfonamides is 1. The SMILES string of the molecule is COc1ccc(S(=O)(=O)NCCn2c(-c3ccccc3)nc3cccnc32)cc1Cl. The second-order valence-corrected chi connectivity index (χ2v) is 8.67. The first-order valence-corrected chi connectivity index (χ1v) is 11.1. The van der Waals surface area contributed by atoms with E-state index in [1.807, 2.05) is 47.0 Å². The van der Waals surface area contributed by atoms with Crippen molar-refractivity contribution in [1.29, 1.82) is 0 Å². The number of aromatic nitrogens is 3. The highest BCUT2D eigenvalue weighted by atomic mass is 35.5. The molecule has 0 aliphatic heterocycles. The number of ether oxygens (including phenoxy) is 1. The van der Waals surface area contributed by atoms with E-state index in [4.69, 9.17) is 16.3 Å². The van der Waals surface area contributed by atoms with Crippen LogP contribution in [0.15, 0.2) is 71.8 Å². The lowest BCUT2D eigenvalue weighted by molar-refractivity contribution is 0.414. The minimum atomic E-state index is -3.74. The largest absolute Gasteiger partial charge is 0.495 e. The quantitative estimate of drug-likeness (QED) is 0.471. The molecule has 1 N–H and O–H groups in total. The standard InChI is InChI=1S/C21H19ClN4O3S/c1-29-19-10-9-16(14-17(19)22)30(27,28)24-12-13-26-20(15-6-3-2-4-7-15)25-18-8-5-11-23-21(18)26/h2-11,14,24H,12-13H2,1H3. The van der Waals surface area contributed by atoms with E-state index in [-0.39, 0.29) is 16.5 Å². The summed E-state index contributed by atoms with van der Waals surface area (Å²) in [6.45, 7) is 0.523. The number of nitrogens with one attached hydrogen (secondary N) is 1. The topological polar surface area (TPSA) is 86.1 Å². The smallest absolute Gasteiger partial charge is 0.240 e. The molecule has 154 valence electrons. The number of hydrogen-bond acceptors (Lipinski definition) is 5. The van der Waals surface area contributed by atoms with Crippen molar-refractivity contribution in [1.82, 2.24) is 19.3 Å². The second kappa shape index (κ2) is 8.43. The molecule has 0 saturated carbocycles. The predicted octanol–water partition coefficient (Wildman–Crippen LogP) is 3.74. The fourth-order valence-corrected chi connectivity index (χ4v) is 4.54. The van der Waals surface area contributed by atoms with Gasteiger partial charge in [-0.15, -0.1) is 0 Å². The molecule has 0 amide bonds. The van der Waals surface area contributed by atoms with E-state index < -0.39 is 10.0 Å². The maximum atomic E-state index is 12.7. The Bertz CT molecular complexity index is 1290. The van der Waals surface area contributed by atoms with E-state index in [0.717, 1.165) is 16.9 Å². The second-order valence-electron chi connectivity index (χ2n) is 6.49. The number of nitrogens with zero attached hydrogens (tertiary/aromatic N) is 3. The minimum absolute atomic E-state index is 0.0743. The summed E-state index contributed by atoms with van der Waals surface area (Å²) in [5.74, 6) is 1.15. The van der Waals surface area contributed by atoms with Crippen LogP contribution in [0.25, 0.3) is 22.6 Å². The van der Waals surface area contributed by atoms with E-state index in [0.29, 0.717) is 17.9 Å². The highest BCUT2D eigenvalue weighted by Crippen LogP contribution is 2.27. The predicted molar refractivity (Wildman–Crippen MR) is 116 cm³/mol. The van der Waals surface area contributed by atoms with Crippen LogP contribution < -0.4 is 9.46 Å². The lowest BCUT2D eigenvalue weighted by Gasteiger charge is -2.11. The molecule has 0 aliphatic carbocycles. The zero-order chi connectivity index (χ0) is 21.1.